The van der Waals surface area contributed by atoms with Crippen LogP contribution in [0.1, 0.15) is 52.9 Å². The van der Waals surface area contributed by atoms with Crippen LogP contribution in [0, 0.1) is 5.92 Å². The topological polar surface area (TPSA) is 12.5 Å². The van der Waals surface area contributed by atoms with Crippen LogP contribution in [0.25, 0.3) is 0 Å². The van der Waals surface area contributed by atoms with E-state index in [0.29, 0.717) is 23.5 Å². The number of ether oxygens (including phenoxy) is 1. The Kier molecular flexibility index (Phi) is 3.06. The normalized spacial score (nSPS) is 43.8. The molecule has 2 saturated heterocycles. The van der Waals surface area contributed by atoms with Gasteiger partial charge in [0.05, 0.1) is 26.6 Å². The molecule has 18 heavy (non-hydrogen) atoms. The van der Waals surface area contributed by atoms with Crippen LogP contribution < -0.4 is 0 Å². The fourth-order valence-electron chi connectivity index (χ4n) is 4.84. The summed E-state index contributed by atoms with van der Waals surface area (Å²) in [7, 11) is 6.58. The van der Waals surface area contributed by atoms with E-state index in [1.54, 1.807) is 0 Å². The van der Waals surface area contributed by atoms with Gasteiger partial charge in [-0.15, -0.1) is 0 Å². The molecule has 2 heterocycles. The van der Waals surface area contributed by atoms with E-state index in [9.17, 15) is 0 Å². The molecule has 2 nitrogen and oxygen atoms in total. The average Bonchev–Trinajstić information content (AvgIpc) is 2.24. The highest BCUT2D eigenvalue weighted by Gasteiger charge is 2.55. The highest BCUT2D eigenvalue weighted by molar-refractivity contribution is 6.15. The van der Waals surface area contributed by atoms with Crippen molar-refractivity contribution in [1.29, 1.82) is 0 Å². The lowest BCUT2D eigenvalue weighted by Crippen LogP contribution is -2.71. The van der Waals surface area contributed by atoms with Gasteiger partial charge >= 0.3 is 0 Å². The quantitative estimate of drug-likeness (QED) is 0.660. The first-order chi connectivity index (χ1) is 8.46. The Hall–Kier alpha value is -0.0151. The first-order valence-electron chi connectivity index (χ1n) is 7.61. The number of piperidine rings is 1. The van der Waals surface area contributed by atoms with Crippen molar-refractivity contribution in [3.05, 3.63) is 0 Å². The van der Waals surface area contributed by atoms with Gasteiger partial charge in [0.2, 0.25) is 0 Å². The fourth-order valence-corrected chi connectivity index (χ4v) is 4.84. The van der Waals surface area contributed by atoms with E-state index in [1.807, 2.05) is 0 Å². The summed E-state index contributed by atoms with van der Waals surface area (Å²) < 4.78 is 5.55. The second-order valence-corrected chi connectivity index (χ2v) is 7.33. The predicted octanol–water partition coefficient (Wildman–Crippen LogP) is 2.78. The fraction of sp³-hybridized carbons (Fsp3) is 1.00. The second-order valence-electron chi connectivity index (χ2n) is 7.33. The smallest absolute Gasteiger partial charge is 0.0747 e. The van der Waals surface area contributed by atoms with Gasteiger partial charge in [-0.25, -0.2) is 0 Å². The van der Waals surface area contributed by atoms with Gasteiger partial charge in [0.15, 0.2) is 0 Å². The molecule has 0 amide bonds. The van der Waals surface area contributed by atoms with E-state index in [4.69, 9.17) is 12.6 Å². The molecule has 100 valence electrons. The van der Waals surface area contributed by atoms with Crippen LogP contribution in [0.4, 0.5) is 0 Å². The van der Waals surface area contributed by atoms with Crippen molar-refractivity contribution in [1.82, 2.24) is 4.90 Å². The number of hydrogen-bond acceptors (Lipinski definition) is 2. The first-order valence-corrected chi connectivity index (χ1v) is 7.61. The molecule has 3 atom stereocenters. The van der Waals surface area contributed by atoms with Crippen molar-refractivity contribution in [2.24, 2.45) is 5.92 Å². The first kappa shape index (κ1) is 13.0. The minimum Gasteiger partial charge on any atom is -0.377 e. The summed E-state index contributed by atoms with van der Waals surface area (Å²) in [5, 5.41) is 0.0439. The molecular formula is C15H26BNO. The molecule has 3 unspecified atom stereocenters. The zero-order chi connectivity index (χ0) is 13.0. The molecule has 0 aromatic carbocycles. The molecule has 2 aliphatic heterocycles. The summed E-state index contributed by atoms with van der Waals surface area (Å²) >= 11 is 0. The van der Waals surface area contributed by atoms with Crippen LogP contribution >= 0.6 is 0 Å². The standard InChI is InChI=1S/C15H26BNO/c1-11(2)17-13-5-4-7-14(3,16)12(13)6-8-15(17)9-18-10-15/h11-13H,4-10H2,1-3H3. The molecule has 0 bridgehead atoms. The molecular weight excluding hydrogens is 221 g/mol. The number of likely N-dealkylation sites (tertiary alicyclic amines) is 1. The van der Waals surface area contributed by atoms with Gasteiger partial charge in [-0.3, -0.25) is 4.90 Å². The molecule has 3 aliphatic rings. The number of rotatable bonds is 1. The van der Waals surface area contributed by atoms with Crippen molar-refractivity contribution in [2.75, 3.05) is 13.2 Å². The number of fused-ring (bicyclic) bond motifs is 1. The Morgan fingerprint density at radius 2 is 1.94 bits per heavy atom. The van der Waals surface area contributed by atoms with Crippen LogP contribution in [0.2, 0.25) is 5.31 Å². The third kappa shape index (κ3) is 1.77. The van der Waals surface area contributed by atoms with E-state index < -0.39 is 0 Å². The molecule has 3 fully saturated rings. The van der Waals surface area contributed by atoms with Gasteiger partial charge in [0, 0.05) is 12.1 Å². The third-order valence-corrected chi connectivity index (χ3v) is 5.65. The van der Waals surface area contributed by atoms with Gasteiger partial charge in [-0.05, 0) is 39.0 Å². The molecule has 2 radical (unpaired) electrons. The Morgan fingerprint density at radius 1 is 1.22 bits per heavy atom. The highest BCUT2D eigenvalue weighted by atomic mass is 16.5. The van der Waals surface area contributed by atoms with Gasteiger partial charge in [0.25, 0.3) is 0 Å². The minimum absolute atomic E-state index is 0.0439. The summed E-state index contributed by atoms with van der Waals surface area (Å²) in [6.07, 6.45) is 6.39. The van der Waals surface area contributed by atoms with Crippen molar-refractivity contribution in [3.8, 4) is 0 Å². The summed E-state index contributed by atoms with van der Waals surface area (Å²) in [5.74, 6) is 0.680. The second kappa shape index (κ2) is 4.24. The monoisotopic (exact) mass is 247 g/mol. The van der Waals surface area contributed by atoms with E-state index in [2.05, 4.69) is 25.7 Å². The molecule has 1 spiro atoms. The van der Waals surface area contributed by atoms with Gasteiger partial charge in [-0.2, -0.15) is 0 Å². The van der Waals surface area contributed by atoms with Gasteiger partial charge < -0.3 is 4.74 Å². The summed E-state index contributed by atoms with van der Waals surface area (Å²) in [6.45, 7) is 8.83. The summed E-state index contributed by atoms with van der Waals surface area (Å²) in [5.41, 5.74) is 0.350. The van der Waals surface area contributed by atoms with Gasteiger partial charge in [0.1, 0.15) is 0 Å². The van der Waals surface area contributed by atoms with Crippen LogP contribution in [-0.2, 0) is 4.74 Å². The highest BCUT2D eigenvalue weighted by Crippen LogP contribution is 2.54. The minimum atomic E-state index is 0.0439. The van der Waals surface area contributed by atoms with E-state index in [0.717, 1.165) is 13.2 Å². The molecule has 1 saturated carbocycles. The van der Waals surface area contributed by atoms with Crippen LogP contribution in [-0.4, -0.2) is 43.6 Å². The maximum atomic E-state index is 6.58. The summed E-state index contributed by atoms with van der Waals surface area (Å²) in [6, 6.07) is 1.29. The third-order valence-electron chi connectivity index (χ3n) is 5.65. The Balaban J connectivity index is 1.89. The molecule has 0 aromatic rings. The lowest BCUT2D eigenvalue weighted by Gasteiger charge is -2.63. The Bertz CT molecular complexity index is 324. The molecule has 1 aliphatic carbocycles. The average molecular weight is 247 g/mol. The molecule has 0 N–H and O–H groups in total. The van der Waals surface area contributed by atoms with Crippen molar-refractivity contribution in [3.63, 3.8) is 0 Å². The van der Waals surface area contributed by atoms with Crippen molar-refractivity contribution in [2.45, 2.75) is 75.8 Å². The predicted molar refractivity (Wildman–Crippen MR) is 75.0 cm³/mol. The lowest BCUT2D eigenvalue weighted by molar-refractivity contribution is -0.201. The van der Waals surface area contributed by atoms with E-state index in [1.165, 1.54) is 32.1 Å². The molecule has 3 heteroatoms. The summed E-state index contributed by atoms with van der Waals surface area (Å²) in [4.78, 5) is 2.77. The van der Waals surface area contributed by atoms with Gasteiger partial charge in [-0.1, -0.05) is 25.1 Å². The van der Waals surface area contributed by atoms with Crippen LogP contribution in [0.15, 0.2) is 0 Å². The van der Waals surface area contributed by atoms with Crippen molar-refractivity contribution >= 4 is 7.85 Å². The number of hydrogen-bond donors (Lipinski definition) is 0. The zero-order valence-electron chi connectivity index (χ0n) is 12.1. The number of nitrogens with zero attached hydrogens (tertiary/aromatic N) is 1. The SMILES string of the molecule is [B]C1(C)CCCC2C1CCC1(COC1)N2C(C)C. The molecule has 3 rings (SSSR count). The Labute approximate surface area is 113 Å². The Morgan fingerprint density at radius 3 is 2.50 bits per heavy atom. The lowest BCUT2D eigenvalue weighted by atomic mass is 9.51. The van der Waals surface area contributed by atoms with Crippen LogP contribution in [0.3, 0.4) is 0 Å². The maximum Gasteiger partial charge on any atom is 0.0747 e. The zero-order valence-corrected chi connectivity index (χ0v) is 12.1. The maximum absolute atomic E-state index is 6.58. The molecule has 0 aromatic heterocycles. The van der Waals surface area contributed by atoms with E-state index in [-0.39, 0.29) is 5.31 Å². The van der Waals surface area contributed by atoms with E-state index >= 15 is 0 Å². The largest absolute Gasteiger partial charge is 0.377 e. The van der Waals surface area contributed by atoms with Crippen LogP contribution in [0.5, 0.6) is 0 Å². The van der Waals surface area contributed by atoms with Crippen molar-refractivity contribution < 1.29 is 4.74 Å².